The third-order valence-electron chi connectivity index (χ3n) is 5.45. The number of carbonyl (C=O) groups is 1. The van der Waals surface area contributed by atoms with Crippen molar-refractivity contribution in [2.75, 3.05) is 18.5 Å². The van der Waals surface area contributed by atoms with E-state index in [4.69, 9.17) is 5.10 Å². The summed E-state index contributed by atoms with van der Waals surface area (Å²) in [6.45, 7) is 4.84. The molecule has 0 fully saturated rings. The highest BCUT2D eigenvalue weighted by atomic mass is 16.3. The summed E-state index contributed by atoms with van der Waals surface area (Å²) >= 11 is 0. The first-order chi connectivity index (χ1) is 14.0. The zero-order chi connectivity index (χ0) is 20.4. The van der Waals surface area contributed by atoms with Crippen molar-refractivity contribution in [1.29, 1.82) is 0 Å². The highest BCUT2D eigenvalue weighted by molar-refractivity contribution is 6.05. The molecule has 0 saturated carbocycles. The maximum absolute atomic E-state index is 13.4. The van der Waals surface area contributed by atoms with Crippen LogP contribution in [0.4, 0.5) is 5.82 Å². The van der Waals surface area contributed by atoms with Crippen LogP contribution in [0, 0.1) is 0 Å². The number of hydrogen-bond acceptors (Lipinski definition) is 4. The number of amides is 1. The Morgan fingerprint density at radius 2 is 1.83 bits per heavy atom. The van der Waals surface area contributed by atoms with Gasteiger partial charge in [-0.25, -0.2) is 4.68 Å². The number of aliphatic hydroxyl groups excluding tert-OH is 1. The van der Waals surface area contributed by atoms with Crippen molar-refractivity contribution in [3.8, 4) is 11.3 Å². The molecule has 2 aromatic carbocycles. The van der Waals surface area contributed by atoms with Crippen LogP contribution < -0.4 is 10.6 Å². The number of aromatic nitrogens is 2. The van der Waals surface area contributed by atoms with Gasteiger partial charge in [-0.1, -0.05) is 60.7 Å². The number of rotatable bonds is 5. The molecule has 0 unspecified atom stereocenters. The fourth-order valence-corrected chi connectivity index (χ4v) is 3.78. The van der Waals surface area contributed by atoms with Gasteiger partial charge in [0.15, 0.2) is 0 Å². The number of nitrogens with one attached hydrogen (secondary N) is 2. The van der Waals surface area contributed by atoms with E-state index in [1.807, 2.05) is 65.3 Å². The van der Waals surface area contributed by atoms with Gasteiger partial charge in [0.05, 0.1) is 18.2 Å². The second-order valence-electron chi connectivity index (χ2n) is 7.96. The van der Waals surface area contributed by atoms with E-state index in [-0.39, 0.29) is 18.1 Å². The van der Waals surface area contributed by atoms with Crippen molar-refractivity contribution in [2.24, 2.45) is 0 Å². The lowest BCUT2D eigenvalue weighted by molar-refractivity contribution is 0.0917. The number of carbonyl (C=O) groups excluding carboxylic acids is 1. The SMILES string of the molecule is CC1(C)CCNc2c(C(=O)N[C@@H](CO)c3ccccc3)c(-c3ccccc3)nn21. The Bertz CT molecular complexity index is 996. The molecule has 6 heteroatoms. The van der Waals surface area contributed by atoms with E-state index in [9.17, 15) is 9.90 Å². The average molecular weight is 390 g/mol. The van der Waals surface area contributed by atoms with E-state index >= 15 is 0 Å². The van der Waals surface area contributed by atoms with Gasteiger partial charge >= 0.3 is 0 Å². The molecule has 6 nitrogen and oxygen atoms in total. The molecule has 0 saturated heterocycles. The molecule has 150 valence electrons. The molecule has 4 rings (SSSR count). The smallest absolute Gasteiger partial charge is 0.257 e. The Morgan fingerprint density at radius 3 is 2.48 bits per heavy atom. The summed E-state index contributed by atoms with van der Waals surface area (Å²) in [5, 5.41) is 21.1. The van der Waals surface area contributed by atoms with Gasteiger partial charge in [-0.15, -0.1) is 0 Å². The predicted octanol–water partition coefficient (Wildman–Crippen LogP) is 3.56. The average Bonchev–Trinajstić information content (AvgIpc) is 3.14. The third-order valence-corrected chi connectivity index (χ3v) is 5.45. The molecule has 0 bridgehead atoms. The number of aliphatic hydroxyl groups is 1. The van der Waals surface area contributed by atoms with Gasteiger partial charge in [-0.05, 0) is 25.8 Å². The molecule has 2 heterocycles. The van der Waals surface area contributed by atoms with E-state index in [1.54, 1.807) is 0 Å². The molecule has 1 atom stereocenters. The van der Waals surface area contributed by atoms with Gasteiger partial charge in [0.2, 0.25) is 0 Å². The summed E-state index contributed by atoms with van der Waals surface area (Å²) in [7, 11) is 0. The summed E-state index contributed by atoms with van der Waals surface area (Å²) in [6, 6.07) is 18.7. The van der Waals surface area contributed by atoms with Crippen molar-refractivity contribution in [3.05, 3.63) is 71.8 Å². The van der Waals surface area contributed by atoms with Crippen molar-refractivity contribution in [3.63, 3.8) is 0 Å². The molecule has 29 heavy (non-hydrogen) atoms. The molecule has 3 aromatic rings. The van der Waals surface area contributed by atoms with Gasteiger partial charge in [-0.3, -0.25) is 4.79 Å². The summed E-state index contributed by atoms with van der Waals surface area (Å²) in [5.74, 6) is 0.473. The first kappa shape index (κ1) is 19.2. The van der Waals surface area contributed by atoms with E-state index in [1.165, 1.54) is 0 Å². The van der Waals surface area contributed by atoms with E-state index in [2.05, 4.69) is 24.5 Å². The van der Waals surface area contributed by atoms with Crippen molar-refractivity contribution < 1.29 is 9.90 Å². The number of fused-ring (bicyclic) bond motifs is 1. The summed E-state index contributed by atoms with van der Waals surface area (Å²) in [5.41, 5.74) is 2.71. The Balaban J connectivity index is 1.77. The van der Waals surface area contributed by atoms with Crippen LogP contribution in [0.3, 0.4) is 0 Å². The van der Waals surface area contributed by atoms with Crippen LogP contribution in [-0.4, -0.2) is 33.9 Å². The van der Waals surface area contributed by atoms with Crippen LogP contribution in [-0.2, 0) is 5.54 Å². The standard InChI is InChI=1S/C23H26N4O2/c1-23(2)13-14-24-21-19(20(26-27(21)23)17-11-7-4-8-12-17)22(29)25-18(15-28)16-9-5-3-6-10-16/h3-12,18,24,28H,13-15H2,1-2H3,(H,25,29)/t18-/m0/s1. The minimum atomic E-state index is -0.487. The third kappa shape index (κ3) is 3.63. The number of nitrogens with zero attached hydrogens (tertiary/aromatic N) is 2. The normalized spacial score (nSPS) is 15.8. The van der Waals surface area contributed by atoms with Gasteiger partial charge in [0, 0.05) is 12.1 Å². The minimum absolute atomic E-state index is 0.182. The lowest BCUT2D eigenvalue weighted by Crippen LogP contribution is -2.37. The van der Waals surface area contributed by atoms with Gasteiger partial charge in [0.1, 0.15) is 17.1 Å². The van der Waals surface area contributed by atoms with Gasteiger partial charge in [-0.2, -0.15) is 5.10 Å². The Kier molecular flexibility index (Phi) is 5.11. The van der Waals surface area contributed by atoms with Crippen LogP contribution in [0.1, 0.15) is 42.2 Å². The summed E-state index contributed by atoms with van der Waals surface area (Å²) in [4.78, 5) is 13.4. The zero-order valence-corrected chi connectivity index (χ0v) is 16.7. The van der Waals surface area contributed by atoms with Crippen LogP contribution in [0.5, 0.6) is 0 Å². The summed E-state index contributed by atoms with van der Waals surface area (Å²) in [6.07, 6.45) is 0.917. The first-order valence-electron chi connectivity index (χ1n) is 9.91. The minimum Gasteiger partial charge on any atom is -0.394 e. The maximum Gasteiger partial charge on any atom is 0.257 e. The Hall–Kier alpha value is -3.12. The van der Waals surface area contributed by atoms with Crippen LogP contribution in [0.2, 0.25) is 0 Å². The quantitative estimate of drug-likeness (QED) is 0.622. The molecule has 1 aliphatic rings. The topological polar surface area (TPSA) is 79.2 Å². The highest BCUT2D eigenvalue weighted by Crippen LogP contribution is 2.37. The first-order valence-corrected chi connectivity index (χ1v) is 9.91. The molecule has 0 spiro atoms. The Labute approximate surface area is 170 Å². The lowest BCUT2D eigenvalue weighted by atomic mass is 9.98. The van der Waals surface area contributed by atoms with Crippen molar-refractivity contribution in [1.82, 2.24) is 15.1 Å². The molecular formula is C23H26N4O2. The van der Waals surface area contributed by atoms with Gasteiger partial charge in [0.25, 0.3) is 5.91 Å². The second kappa shape index (κ2) is 7.72. The summed E-state index contributed by atoms with van der Waals surface area (Å²) < 4.78 is 1.92. The Morgan fingerprint density at radius 1 is 1.17 bits per heavy atom. The monoisotopic (exact) mass is 390 g/mol. The van der Waals surface area contributed by atoms with E-state index in [0.29, 0.717) is 11.3 Å². The second-order valence-corrected chi connectivity index (χ2v) is 7.96. The molecule has 1 aromatic heterocycles. The molecular weight excluding hydrogens is 364 g/mol. The maximum atomic E-state index is 13.4. The molecule has 1 aliphatic heterocycles. The van der Waals surface area contributed by atoms with Crippen LogP contribution in [0.15, 0.2) is 60.7 Å². The molecule has 0 radical (unpaired) electrons. The fourth-order valence-electron chi connectivity index (χ4n) is 3.78. The van der Waals surface area contributed by atoms with Gasteiger partial charge < -0.3 is 15.7 Å². The number of hydrogen-bond donors (Lipinski definition) is 3. The predicted molar refractivity (Wildman–Crippen MR) is 114 cm³/mol. The number of anilines is 1. The van der Waals surface area contributed by atoms with Crippen molar-refractivity contribution in [2.45, 2.75) is 31.8 Å². The zero-order valence-electron chi connectivity index (χ0n) is 16.7. The van der Waals surface area contributed by atoms with Crippen LogP contribution >= 0.6 is 0 Å². The van der Waals surface area contributed by atoms with Crippen molar-refractivity contribution >= 4 is 11.7 Å². The van der Waals surface area contributed by atoms with E-state index < -0.39 is 6.04 Å². The fraction of sp³-hybridized carbons (Fsp3) is 0.304. The molecule has 1 amide bonds. The van der Waals surface area contributed by atoms with Crippen LogP contribution in [0.25, 0.3) is 11.3 Å². The molecule has 0 aliphatic carbocycles. The highest BCUT2D eigenvalue weighted by Gasteiger charge is 2.35. The largest absolute Gasteiger partial charge is 0.394 e. The van der Waals surface area contributed by atoms with E-state index in [0.717, 1.165) is 29.9 Å². The number of benzene rings is 2. The molecule has 3 N–H and O–H groups in total. The lowest BCUT2D eigenvalue weighted by Gasteiger charge is -2.32.